The number of furan rings is 2. The molecule has 7 heteroatoms. The first kappa shape index (κ1) is 45.3. The number of aryl methyl sites for hydroxylation is 4. The van der Waals surface area contributed by atoms with Gasteiger partial charge in [-0.05, 0) is 104 Å². The molecule has 7 nitrogen and oxygen atoms in total. The first-order chi connectivity index (χ1) is 32.5. The summed E-state index contributed by atoms with van der Waals surface area (Å²) in [7, 11) is 3.21. The van der Waals surface area contributed by atoms with E-state index in [1.165, 1.54) is 0 Å². The fourth-order valence-corrected chi connectivity index (χ4v) is 8.72. The fraction of sp³-hybridized carbons (Fsp3) is 0.117. The second-order valence-electron chi connectivity index (χ2n) is 16.3. The monoisotopic (exact) mass is 882 g/mol. The molecule has 0 saturated heterocycles. The van der Waals surface area contributed by atoms with E-state index in [0.717, 1.165) is 94.6 Å². The number of rotatable bonds is 9. The quantitative estimate of drug-likeness (QED) is 0.0809. The van der Waals surface area contributed by atoms with Crippen molar-refractivity contribution in [2.45, 2.75) is 34.6 Å². The molecule has 0 spiro atoms. The molecule has 0 fully saturated rings. The summed E-state index contributed by atoms with van der Waals surface area (Å²) < 4.78 is 23.7. The molecule has 0 N–H and O–H groups in total. The Balaban J connectivity index is 0.000000156. The van der Waals surface area contributed by atoms with E-state index in [0.29, 0.717) is 33.8 Å². The highest BCUT2D eigenvalue weighted by molar-refractivity contribution is 6.20. The Kier molecular flexibility index (Phi) is 13.4. The molecule has 67 heavy (non-hydrogen) atoms. The molecule has 10 aromatic rings. The normalized spacial score (nSPS) is 11.0. The molecule has 0 aliphatic heterocycles. The summed E-state index contributed by atoms with van der Waals surface area (Å²) in [6.45, 7) is 9.52. The van der Waals surface area contributed by atoms with Gasteiger partial charge in [0.1, 0.15) is 33.8 Å². The largest absolute Gasteiger partial charge is 0.495 e. The Labute approximate surface area is 389 Å². The summed E-state index contributed by atoms with van der Waals surface area (Å²) in [6.07, 6.45) is 4.42. The summed E-state index contributed by atoms with van der Waals surface area (Å²) in [6, 6.07) is 51.3. The van der Waals surface area contributed by atoms with Crippen LogP contribution in [0.5, 0.6) is 11.5 Å². The highest BCUT2D eigenvalue weighted by Gasteiger charge is 2.24. The van der Waals surface area contributed by atoms with E-state index in [2.05, 4.69) is 0 Å². The van der Waals surface area contributed by atoms with Gasteiger partial charge < -0.3 is 18.3 Å². The maximum atomic E-state index is 13.5. The van der Waals surface area contributed by atoms with E-state index in [-0.39, 0.29) is 11.6 Å². The number of fused-ring (bicyclic) bond motifs is 6. The van der Waals surface area contributed by atoms with Crippen LogP contribution < -0.4 is 9.47 Å². The summed E-state index contributed by atoms with van der Waals surface area (Å²) in [5.74, 6) is 0.963. The Morgan fingerprint density at radius 2 is 0.881 bits per heavy atom. The van der Waals surface area contributed by atoms with Gasteiger partial charge in [-0.2, -0.15) is 0 Å². The highest BCUT2D eigenvalue weighted by Crippen LogP contribution is 2.46. The lowest BCUT2D eigenvalue weighted by atomic mass is 9.93. The first-order valence-electron chi connectivity index (χ1n) is 22.0. The van der Waals surface area contributed by atoms with Crippen LogP contribution in [0.1, 0.15) is 65.8 Å². The van der Waals surface area contributed by atoms with Crippen molar-refractivity contribution < 1.29 is 32.7 Å². The zero-order valence-corrected chi connectivity index (χ0v) is 38.6. The van der Waals surface area contributed by atoms with Crippen molar-refractivity contribution in [3.05, 3.63) is 208 Å². The maximum Gasteiger partial charge on any atom is 0.189 e. The molecule has 0 aliphatic rings. The van der Waals surface area contributed by atoms with Crippen molar-refractivity contribution in [3.63, 3.8) is 0 Å². The van der Waals surface area contributed by atoms with Gasteiger partial charge in [-0.15, -0.1) is 0 Å². The van der Waals surface area contributed by atoms with E-state index in [1.807, 2.05) is 179 Å². The molecular weight excluding hydrogens is 833 g/mol. The van der Waals surface area contributed by atoms with Crippen LogP contribution in [0.15, 0.2) is 173 Å². The van der Waals surface area contributed by atoms with E-state index in [4.69, 9.17) is 18.3 Å². The van der Waals surface area contributed by atoms with Crippen molar-refractivity contribution >= 4 is 67.8 Å². The third-order valence-corrected chi connectivity index (χ3v) is 12.0. The lowest BCUT2D eigenvalue weighted by molar-refractivity contribution is 0.101. The van der Waals surface area contributed by atoms with Gasteiger partial charge in [-0.3, -0.25) is 14.4 Å². The standard InChI is InChI=1S/C30H24O3.C21H16O3.C9H10O/c1-19-10-9-11-20(2)22(19)16-17-25(31)24-18-27-29(23-14-7-8-15-26(23)33-27)28(30(24)32-3)21-12-5-4-6-13-21;1-13(22)16-12-18-20(15-10-6-7-11-17(15)24-18)19(21(16)23-2)14-8-4-3-5-9-14;1-7-4-3-5-8(2)9(7)6-10/h4-18H,1-3H3;3-12H,1-2H3;3-6H,1-2H3/b17-16+;;. The number of benzene rings is 8. The van der Waals surface area contributed by atoms with Crippen LogP contribution in [-0.2, 0) is 0 Å². The van der Waals surface area contributed by atoms with E-state index >= 15 is 0 Å². The molecule has 0 radical (unpaired) electrons. The number of ether oxygens (including phenoxy) is 2. The molecule has 0 saturated carbocycles. The van der Waals surface area contributed by atoms with Gasteiger partial charge in [0.05, 0.1) is 25.3 Å². The lowest BCUT2D eigenvalue weighted by Gasteiger charge is -2.14. The summed E-state index contributed by atoms with van der Waals surface area (Å²) in [5.41, 5.74) is 13.9. The molecular formula is C60H50O7. The van der Waals surface area contributed by atoms with Crippen molar-refractivity contribution in [1.29, 1.82) is 0 Å². The molecule has 0 amide bonds. The third kappa shape index (κ3) is 9.05. The number of aldehydes is 1. The average Bonchev–Trinajstić information content (AvgIpc) is 3.91. The van der Waals surface area contributed by atoms with Crippen LogP contribution >= 0.6 is 0 Å². The summed E-state index contributed by atoms with van der Waals surface area (Å²) >= 11 is 0. The number of hydrogen-bond acceptors (Lipinski definition) is 7. The molecule has 2 aromatic heterocycles. The van der Waals surface area contributed by atoms with Crippen LogP contribution in [0.2, 0.25) is 0 Å². The number of Topliss-reactive ketones (excluding diaryl/α,β-unsaturated/α-hetero) is 1. The van der Waals surface area contributed by atoms with Gasteiger partial charge in [-0.25, -0.2) is 0 Å². The Bertz CT molecular complexity index is 3440. The highest BCUT2D eigenvalue weighted by atomic mass is 16.5. The Morgan fingerprint density at radius 3 is 1.30 bits per heavy atom. The first-order valence-corrected chi connectivity index (χ1v) is 22.0. The van der Waals surface area contributed by atoms with Crippen molar-refractivity contribution in [2.75, 3.05) is 14.2 Å². The molecule has 0 unspecified atom stereocenters. The Morgan fingerprint density at radius 1 is 0.478 bits per heavy atom. The van der Waals surface area contributed by atoms with Crippen LogP contribution in [-0.4, -0.2) is 32.1 Å². The molecule has 2 heterocycles. The zero-order chi connectivity index (χ0) is 47.2. The van der Waals surface area contributed by atoms with Gasteiger partial charge in [0.25, 0.3) is 0 Å². The van der Waals surface area contributed by atoms with Crippen LogP contribution in [0, 0.1) is 27.7 Å². The predicted octanol–water partition coefficient (Wildman–Crippen LogP) is 15.4. The predicted molar refractivity (Wildman–Crippen MR) is 272 cm³/mol. The van der Waals surface area contributed by atoms with Crippen molar-refractivity contribution in [3.8, 4) is 33.8 Å². The molecule has 0 aliphatic carbocycles. The Hall–Kier alpha value is -8.29. The van der Waals surface area contributed by atoms with Gasteiger partial charge in [0.15, 0.2) is 17.9 Å². The SMILES string of the molecule is COc1c(C(=O)/C=C/c2c(C)cccc2C)cc2oc3ccccc3c2c1-c1ccccc1.COc1c(C(C)=O)cc2oc3ccccc3c2c1-c1ccccc1.Cc1cccc(C)c1C=O. The minimum Gasteiger partial charge on any atom is -0.495 e. The molecule has 332 valence electrons. The zero-order valence-electron chi connectivity index (χ0n) is 38.6. The number of carbonyl (C=O) groups is 3. The van der Waals surface area contributed by atoms with Crippen LogP contribution in [0.3, 0.4) is 0 Å². The average molecular weight is 883 g/mol. The molecule has 0 bridgehead atoms. The number of carbonyl (C=O) groups excluding carboxylic acids is 3. The van der Waals surface area contributed by atoms with Gasteiger partial charge >= 0.3 is 0 Å². The van der Waals surface area contributed by atoms with E-state index in [1.54, 1.807) is 39.4 Å². The van der Waals surface area contributed by atoms with E-state index in [9.17, 15) is 14.4 Å². The second kappa shape index (κ2) is 19.8. The minimum absolute atomic E-state index is 0.0496. The topological polar surface area (TPSA) is 96.0 Å². The minimum atomic E-state index is -0.131. The number of methoxy groups -OCH3 is 2. The lowest BCUT2D eigenvalue weighted by Crippen LogP contribution is -2.01. The maximum absolute atomic E-state index is 13.5. The smallest absolute Gasteiger partial charge is 0.189 e. The van der Waals surface area contributed by atoms with E-state index < -0.39 is 0 Å². The molecule has 8 aromatic carbocycles. The summed E-state index contributed by atoms with van der Waals surface area (Å²) in [4.78, 5) is 36.0. The van der Waals surface area contributed by atoms with Crippen molar-refractivity contribution in [1.82, 2.24) is 0 Å². The van der Waals surface area contributed by atoms with Crippen LogP contribution in [0.25, 0.3) is 72.2 Å². The molecule has 10 rings (SSSR count). The fourth-order valence-electron chi connectivity index (χ4n) is 8.72. The van der Waals surface area contributed by atoms with Crippen LogP contribution in [0.4, 0.5) is 0 Å². The third-order valence-electron chi connectivity index (χ3n) is 12.0. The number of allylic oxidation sites excluding steroid dienone is 1. The molecule has 0 atom stereocenters. The number of para-hydroxylation sites is 2. The summed E-state index contributed by atoms with van der Waals surface area (Å²) in [5, 5.41) is 3.93. The van der Waals surface area contributed by atoms with Gasteiger partial charge in [0, 0.05) is 38.2 Å². The number of hydrogen-bond donors (Lipinski definition) is 0. The van der Waals surface area contributed by atoms with Gasteiger partial charge in [0.2, 0.25) is 0 Å². The number of ketones is 2. The van der Waals surface area contributed by atoms with Crippen molar-refractivity contribution in [2.24, 2.45) is 0 Å². The van der Waals surface area contributed by atoms with Gasteiger partial charge in [-0.1, -0.05) is 140 Å². The second-order valence-corrected chi connectivity index (χ2v) is 16.3.